The molecule has 0 saturated heterocycles. The maximum Gasteiger partial charge on any atom is 0.0769 e. The Morgan fingerprint density at radius 3 is 3.08 bits per heavy atom. The molecule has 70 valence electrons. The van der Waals surface area contributed by atoms with Crippen molar-refractivity contribution in [1.29, 1.82) is 0 Å². The van der Waals surface area contributed by atoms with E-state index < -0.39 is 0 Å². The molecule has 13 heavy (non-hydrogen) atoms. The van der Waals surface area contributed by atoms with E-state index in [4.69, 9.17) is 11.6 Å². The minimum Gasteiger partial charge on any atom is -0.308 e. The fourth-order valence-electron chi connectivity index (χ4n) is 0.858. The maximum absolute atomic E-state index is 5.46. The van der Waals surface area contributed by atoms with Crippen molar-refractivity contribution < 1.29 is 0 Å². The zero-order valence-corrected chi connectivity index (χ0v) is 8.04. The Balaban J connectivity index is 2.17. The smallest absolute Gasteiger partial charge is 0.0769 e. The molecule has 0 bridgehead atoms. The average molecular weight is 198 g/mol. The van der Waals surface area contributed by atoms with Crippen LogP contribution in [0.4, 0.5) is 0 Å². The predicted molar refractivity (Wildman–Crippen MR) is 53.6 cm³/mol. The van der Waals surface area contributed by atoms with Crippen molar-refractivity contribution in [2.24, 2.45) is 0 Å². The quantitative estimate of drug-likeness (QED) is 0.440. The SMILES string of the molecule is ClC/C=C/CNCc1cccnn1. The van der Waals surface area contributed by atoms with Crippen LogP contribution >= 0.6 is 11.6 Å². The third kappa shape index (κ3) is 4.60. The van der Waals surface area contributed by atoms with Crippen molar-refractivity contribution in [3.05, 3.63) is 36.2 Å². The molecule has 0 radical (unpaired) electrons. The second kappa shape index (κ2) is 6.57. The molecule has 3 nitrogen and oxygen atoms in total. The molecule has 0 aliphatic carbocycles. The molecular weight excluding hydrogens is 186 g/mol. The van der Waals surface area contributed by atoms with Gasteiger partial charge in [-0.15, -0.1) is 11.6 Å². The van der Waals surface area contributed by atoms with Crippen LogP contribution in [0.15, 0.2) is 30.5 Å². The van der Waals surface area contributed by atoms with E-state index in [1.165, 1.54) is 0 Å². The Hall–Kier alpha value is -0.930. The van der Waals surface area contributed by atoms with Crippen molar-refractivity contribution in [2.45, 2.75) is 6.54 Å². The van der Waals surface area contributed by atoms with Gasteiger partial charge in [-0.25, -0.2) is 0 Å². The maximum atomic E-state index is 5.46. The summed E-state index contributed by atoms with van der Waals surface area (Å²) in [5.41, 5.74) is 0.946. The average Bonchev–Trinajstić information content (AvgIpc) is 2.19. The summed E-state index contributed by atoms with van der Waals surface area (Å²) >= 11 is 5.46. The summed E-state index contributed by atoms with van der Waals surface area (Å²) in [7, 11) is 0. The highest BCUT2D eigenvalue weighted by Crippen LogP contribution is 1.88. The summed E-state index contributed by atoms with van der Waals surface area (Å²) in [5.74, 6) is 0.562. The van der Waals surface area contributed by atoms with Crippen LogP contribution in [0.1, 0.15) is 5.69 Å². The monoisotopic (exact) mass is 197 g/mol. The van der Waals surface area contributed by atoms with E-state index in [9.17, 15) is 0 Å². The molecule has 1 N–H and O–H groups in total. The van der Waals surface area contributed by atoms with Crippen LogP contribution in [0.3, 0.4) is 0 Å². The second-order valence-electron chi connectivity index (χ2n) is 2.47. The van der Waals surface area contributed by atoms with E-state index >= 15 is 0 Å². The largest absolute Gasteiger partial charge is 0.308 e. The van der Waals surface area contributed by atoms with Gasteiger partial charge in [-0.05, 0) is 12.1 Å². The summed E-state index contributed by atoms with van der Waals surface area (Å²) in [4.78, 5) is 0. The molecule has 4 heteroatoms. The molecule has 1 aromatic rings. The van der Waals surface area contributed by atoms with Crippen LogP contribution in [-0.2, 0) is 6.54 Å². The van der Waals surface area contributed by atoms with E-state index in [-0.39, 0.29) is 0 Å². The van der Waals surface area contributed by atoms with E-state index in [0.717, 1.165) is 18.8 Å². The Morgan fingerprint density at radius 1 is 1.46 bits per heavy atom. The van der Waals surface area contributed by atoms with Gasteiger partial charge in [0.15, 0.2) is 0 Å². The van der Waals surface area contributed by atoms with Gasteiger partial charge in [0.1, 0.15) is 0 Å². The summed E-state index contributed by atoms with van der Waals surface area (Å²) < 4.78 is 0. The normalized spacial score (nSPS) is 10.8. The molecule has 1 rings (SSSR count). The van der Waals surface area contributed by atoms with Gasteiger partial charge in [0.05, 0.1) is 5.69 Å². The Morgan fingerprint density at radius 2 is 2.38 bits per heavy atom. The molecule has 0 atom stereocenters. The van der Waals surface area contributed by atoms with Crippen LogP contribution < -0.4 is 5.32 Å². The van der Waals surface area contributed by atoms with Gasteiger partial charge >= 0.3 is 0 Å². The third-order valence-corrected chi connectivity index (χ3v) is 1.63. The summed E-state index contributed by atoms with van der Waals surface area (Å²) in [6.07, 6.45) is 5.56. The molecule has 0 aromatic carbocycles. The van der Waals surface area contributed by atoms with Gasteiger partial charge in [0.25, 0.3) is 0 Å². The highest BCUT2D eigenvalue weighted by molar-refractivity contribution is 6.18. The Kier molecular flexibility index (Phi) is 5.13. The molecule has 0 amide bonds. The van der Waals surface area contributed by atoms with E-state index in [1.54, 1.807) is 6.20 Å². The summed E-state index contributed by atoms with van der Waals surface area (Å²) in [6.45, 7) is 1.55. The number of nitrogens with one attached hydrogen (secondary N) is 1. The second-order valence-corrected chi connectivity index (χ2v) is 2.78. The van der Waals surface area contributed by atoms with Gasteiger partial charge in [-0.3, -0.25) is 0 Å². The number of nitrogens with zero attached hydrogens (tertiary/aromatic N) is 2. The standard InChI is InChI=1S/C9H12ClN3/c10-5-1-2-6-11-8-9-4-3-7-12-13-9/h1-4,7,11H,5-6,8H2/b2-1+. The molecule has 0 spiro atoms. The number of rotatable bonds is 5. The number of hydrogen-bond donors (Lipinski definition) is 1. The molecule has 0 aliphatic heterocycles. The van der Waals surface area contributed by atoms with Gasteiger partial charge in [0.2, 0.25) is 0 Å². The van der Waals surface area contributed by atoms with Crippen LogP contribution in [-0.4, -0.2) is 22.6 Å². The molecule has 0 saturated carbocycles. The predicted octanol–water partition coefficient (Wildman–Crippen LogP) is 1.36. The first-order valence-electron chi connectivity index (χ1n) is 4.11. The lowest BCUT2D eigenvalue weighted by Crippen LogP contribution is -2.14. The molecule has 0 unspecified atom stereocenters. The highest BCUT2D eigenvalue weighted by Gasteiger charge is 1.89. The van der Waals surface area contributed by atoms with E-state index in [1.807, 2.05) is 24.3 Å². The van der Waals surface area contributed by atoms with Crippen LogP contribution in [0.25, 0.3) is 0 Å². The molecule has 1 heterocycles. The molecular formula is C9H12ClN3. The Labute approximate surface area is 82.8 Å². The van der Waals surface area contributed by atoms with Crippen molar-refractivity contribution in [3.63, 3.8) is 0 Å². The van der Waals surface area contributed by atoms with Crippen LogP contribution in [0.2, 0.25) is 0 Å². The van der Waals surface area contributed by atoms with E-state index in [0.29, 0.717) is 5.88 Å². The highest BCUT2D eigenvalue weighted by atomic mass is 35.5. The van der Waals surface area contributed by atoms with Crippen LogP contribution in [0, 0.1) is 0 Å². The Bertz CT molecular complexity index is 248. The third-order valence-electron chi connectivity index (χ3n) is 1.45. The van der Waals surface area contributed by atoms with Gasteiger partial charge in [-0.1, -0.05) is 12.2 Å². The first kappa shape index (κ1) is 10.2. The number of allylic oxidation sites excluding steroid dienone is 1. The molecule has 0 aliphatic rings. The fraction of sp³-hybridized carbons (Fsp3) is 0.333. The number of alkyl halides is 1. The number of aromatic nitrogens is 2. The van der Waals surface area contributed by atoms with Gasteiger partial charge in [0, 0.05) is 25.2 Å². The zero-order chi connectivity index (χ0) is 9.36. The fourth-order valence-corrected chi connectivity index (χ4v) is 0.984. The van der Waals surface area contributed by atoms with E-state index in [2.05, 4.69) is 15.5 Å². The summed E-state index contributed by atoms with van der Waals surface area (Å²) in [6, 6.07) is 3.81. The lowest BCUT2D eigenvalue weighted by molar-refractivity contribution is 0.724. The first-order chi connectivity index (χ1) is 6.43. The zero-order valence-electron chi connectivity index (χ0n) is 7.28. The summed E-state index contributed by atoms with van der Waals surface area (Å²) in [5, 5.41) is 10.9. The number of halogens is 1. The lowest BCUT2D eigenvalue weighted by Gasteiger charge is -1.98. The first-order valence-corrected chi connectivity index (χ1v) is 4.65. The van der Waals surface area contributed by atoms with Crippen LogP contribution in [0.5, 0.6) is 0 Å². The molecule has 0 fully saturated rings. The van der Waals surface area contributed by atoms with Crippen molar-refractivity contribution in [1.82, 2.24) is 15.5 Å². The van der Waals surface area contributed by atoms with Crippen molar-refractivity contribution in [3.8, 4) is 0 Å². The minimum absolute atomic E-state index is 0.562. The van der Waals surface area contributed by atoms with Crippen molar-refractivity contribution in [2.75, 3.05) is 12.4 Å². The van der Waals surface area contributed by atoms with Gasteiger partial charge < -0.3 is 5.32 Å². The number of hydrogen-bond acceptors (Lipinski definition) is 3. The molecule has 1 aromatic heterocycles. The minimum atomic E-state index is 0.562. The van der Waals surface area contributed by atoms with Crippen molar-refractivity contribution >= 4 is 11.6 Å². The lowest BCUT2D eigenvalue weighted by atomic mass is 10.4. The van der Waals surface area contributed by atoms with Gasteiger partial charge in [-0.2, -0.15) is 10.2 Å². The topological polar surface area (TPSA) is 37.8 Å².